The van der Waals surface area contributed by atoms with Crippen LogP contribution in [-0.2, 0) is 6.42 Å². The number of pyridine rings is 1. The zero-order chi connectivity index (χ0) is 13.4. The average Bonchev–Trinajstić information content (AvgIpc) is 2.74. The maximum atomic E-state index is 12.6. The summed E-state index contributed by atoms with van der Waals surface area (Å²) in [6.45, 7) is 2.07. The van der Waals surface area contributed by atoms with Crippen LogP contribution in [0.15, 0.2) is 47.2 Å². The topological polar surface area (TPSA) is 33.2 Å². The van der Waals surface area contributed by atoms with Gasteiger partial charge < -0.3 is 4.90 Å². The van der Waals surface area contributed by atoms with Gasteiger partial charge in [0.25, 0.3) is 5.91 Å². The Morgan fingerprint density at radius 1 is 1.37 bits per heavy atom. The van der Waals surface area contributed by atoms with Gasteiger partial charge in [0.05, 0.1) is 5.56 Å². The Morgan fingerprint density at radius 2 is 2.16 bits per heavy atom. The van der Waals surface area contributed by atoms with Crippen LogP contribution in [0.4, 0.5) is 5.69 Å². The first-order chi connectivity index (χ1) is 9.16. The van der Waals surface area contributed by atoms with Crippen LogP contribution in [0, 0.1) is 0 Å². The van der Waals surface area contributed by atoms with Crippen molar-refractivity contribution in [1.82, 2.24) is 4.98 Å². The smallest absolute Gasteiger partial charge is 0.260 e. The zero-order valence-corrected chi connectivity index (χ0v) is 12.1. The van der Waals surface area contributed by atoms with E-state index in [0.29, 0.717) is 5.56 Å². The first-order valence-electron chi connectivity index (χ1n) is 6.19. The molecule has 0 fully saturated rings. The molecule has 2 aromatic rings. The Balaban J connectivity index is 2.01. The molecule has 0 saturated heterocycles. The van der Waals surface area contributed by atoms with E-state index >= 15 is 0 Å². The molecule has 1 unspecified atom stereocenters. The number of para-hydroxylation sites is 1. The lowest BCUT2D eigenvalue weighted by Gasteiger charge is -2.22. The molecule has 96 valence electrons. The van der Waals surface area contributed by atoms with E-state index in [9.17, 15) is 4.79 Å². The van der Waals surface area contributed by atoms with Crippen LogP contribution >= 0.6 is 15.9 Å². The van der Waals surface area contributed by atoms with E-state index in [2.05, 4.69) is 33.9 Å². The molecule has 1 aliphatic heterocycles. The highest BCUT2D eigenvalue weighted by molar-refractivity contribution is 9.10. The molecule has 2 heterocycles. The molecular formula is C15H13BrN2O. The van der Waals surface area contributed by atoms with Crippen molar-refractivity contribution in [1.29, 1.82) is 0 Å². The van der Waals surface area contributed by atoms with Gasteiger partial charge in [0.2, 0.25) is 0 Å². The Morgan fingerprint density at radius 3 is 2.95 bits per heavy atom. The van der Waals surface area contributed by atoms with E-state index in [1.807, 2.05) is 29.2 Å². The molecule has 4 heteroatoms. The number of benzene rings is 1. The lowest BCUT2D eigenvalue weighted by atomic mass is 10.1. The fourth-order valence-electron chi connectivity index (χ4n) is 2.54. The number of halogens is 1. The largest absolute Gasteiger partial charge is 0.305 e. The van der Waals surface area contributed by atoms with Crippen molar-refractivity contribution in [3.8, 4) is 0 Å². The predicted molar refractivity (Wildman–Crippen MR) is 78.4 cm³/mol. The zero-order valence-electron chi connectivity index (χ0n) is 10.5. The molecule has 3 rings (SSSR count). The van der Waals surface area contributed by atoms with E-state index in [1.165, 1.54) is 5.56 Å². The second-order valence-corrected chi connectivity index (χ2v) is 5.66. The number of hydrogen-bond acceptors (Lipinski definition) is 2. The van der Waals surface area contributed by atoms with Crippen molar-refractivity contribution < 1.29 is 4.79 Å². The highest BCUT2D eigenvalue weighted by Crippen LogP contribution is 2.33. The summed E-state index contributed by atoms with van der Waals surface area (Å²) in [5.74, 6) is 0.00579. The molecule has 1 atom stereocenters. The number of carbonyl (C=O) groups excluding carboxylic acids is 1. The van der Waals surface area contributed by atoms with Gasteiger partial charge in [-0.25, -0.2) is 0 Å². The quantitative estimate of drug-likeness (QED) is 0.807. The van der Waals surface area contributed by atoms with Crippen LogP contribution in [0.1, 0.15) is 22.8 Å². The molecule has 1 aromatic heterocycles. The Bertz CT molecular complexity index is 642. The molecule has 19 heavy (non-hydrogen) atoms. The monoisotopic (exact) mass is 316 g/mol. The lowest BCUT2D eigenvalue weighted by molar-refractivity contribution is 0.0981. The van der Waals surface area contributed by atoms with Gasteiger partial charge in [0.1, 0.15) is 0 Å². The number of aromatic nitrogens is 1. The number of hydrogen-bond donors (Lipinski definition) is 0. The maximum Gasteiger partial charge on any atom is 0.260 e. The van der Waals surface area contributed by atoms with Gasteiger partial charge in [-0.3, -0.25) is 9.78 Å². The molecular weight excluding hydrogens is 304 g/mol. The van der Waals surface area contributed by atoms with Crippen molar-refractivity contribution in [3.05, 3.63) is 58.3 Å². The minimum absolute atomic E-state index is 0.00579. The van der Waals surface area contributed by atoms with E-state index in [-0.39, 0.29) is 11.9 Å². The molecule has 0 aliphatic carbocycles. The number of rotatable bonds is 1. The van der Waals surface area contributed by atoms with Crippen LogP contribution in [0.5, 0.6) is 0 Å². The highest BCUT2D eigenvalue weighted by Gasteiger charge is 2.31. The normalized spacial score (nSPS) is 17.4. The molecule has 0 bridgehead atoms. The maximum absolute atomic E-state index is 12.6. The third-order valence-electron chi connectivity index (χ3n) is 3.38. The highest BCUT2D eigenvalue weighted by atomic mass is 79.9. The van der Waals surface area contributed by atoms with Crippen LogP contribution in [0.25, 0.3) is 0 Å². The van der Waals surface area contributed by atoms with E-state index in [4.69, 9.17) is 0 Å². The van der Waals surface area contributed by atoms with Gasteiger partial charge in [0.15, 0.2) is 0 Å². The summed E-state index contributed by atoms with van der Waals surface area (Å²) in [5.41, 5.74) is 2.85. The van der Waals surface area contributed by atoms with E-state index < -0.39 is 0 Å². The van der Waals surface area contributed by atoms with Gasteiger partial charge in [-0.15, -0.1) is 0 Å². The molecule has 1 aliphatic rings. The number of amides is 1. The lowest BCUT2D eigenvalue weighted by Crippen LogP contribution is -2.35. The van der Waals surface area contributed by atoms with E-state index in [0.717, 1.165) is 16.6 Å². The number of nitrogens with zero attached hydrogens (tertiary/aromatic N) is 2. The van der Waals surface area contributed by atoms with Crippen LogP contribution in [0.2, 0.25) is 0 Å². The molecule has 0 N–H and O–H groups in total. The van der Waals surface area contributed by atoms with Crippen LogP contribution in [-0.4, -0.2) is 16.9 Å². The molecule has 3 nitrogen and oxygen atoms in total. The SMILES string of the molecule is CC1Cc2ccccc2N1C(=O)c1cncc(Br)c1. The van der Waals surface area contributed by atoms with Crippen molar-refractivity contribution in [3.63, 3.8) is 0 Å². The molecule has 1 aromatic carbocycles. The summed E-state index contributed by atoms with van der Waals surface area (Å²) < 4.78 is 0.818. The Hall–Kier alpha value is -1.68. The Kier molecular flexibility index (Phi) is 3.11. The average molecular weight is 317 g/mol. The fraction of sp³-hybridized carbons (Fsp3) is 0.200. The van der Waals surface area contributed by atoms with Crippen molar-refractivity contribution in [2.75, 3.05) is 4.90 Å². The molecule has 0 saturated carbocycles. The first-order valence-corrected chi connectivity index (χ1v) is 6.98. The minimum Gasteiger partial charge on any atom is -0.305 e. The minimum atomic E-state index is 0.00579. The first kappa shape index (κ1) is 12.4. The van der Waals surface area contributed by atoms with Crippen LogP contribution in [0.3, 0.4) is 0 Å². The number of anilines is 1. The van der Waals surface area contributed by atoms with Gasteiger partial charge in [-0.1, -0.05) is 18.2 Å². The van der Waals surface area contributed by atoms with Crippen molar-refractivity contribution >= 4 is 27.5 Å². The summed E-state index contributed by atoms with van der Waals surface area (Å²) in [5, 5.41) is 0. The second kappa shape index (κ2) is 4.78. The fourth-order valence-corrected chi connectivity index (χ4v) is 2.91. The molecule has 0 spiro atoms. The van der Waals surface area contributed by atoms with Crippen molar-refractivity contribution in [2.24, 2.45) is 0 Å². The van der Waals surface area contributed by atoms with Gasteiger partial charge in [-0.2, -0.15) is 0 Å². The van der Waals surface area contributed by atoms with Gasteiger partial charge >= 0.3 is 0 Å². The summed E-state index contributed by atoms with van der Waals surface area (Å²) in [7, 11) is 0. The number of fused-ring (bicyclic) bond motifs is 1. The van der Waals surface area contributed by atoms with Gasteiger partial charge in [-0.05, 0) is 47.0 Å². The standard InChI is InChI=1S/C15H13BrN2O/c1-10-6-11-4-2-3-5-14(11)18(10)15(19)12-7-13(16)9-17-8-12/h2-5,7-10H,6H2,1H3. The number of carbonyl (C=O) groups is 1. The summed E-state index contributed by atoms with van der Waals surface area (Å²) >= 11 is 3.35. The summed E-state index contributed by atoms with van der Waals surface area (Å²) in [6.07, 6.45) is 4.20. The Labute approximate surface area is 120 Å². The van der Waals surface area contributed by atoms with Gasteiger partial charge in [0, 0.05) is 28.6 Å². The second-order valence-electron chi connectivity index (χ2n) is 4.75. The van der Waals surface area contributed by atoms with Crippen LogP contribution < -0.4 is 4.90 Å². The summed E-state index contributed by atoms with van der Waals surface area (Å²) in [6, 6.07) is 10.1. The summed E-state index contributed by atoms with van der Waals surface area (Å²) in [4.78, 5) is 18.6. The molecule has 0 radical (unpaired) electrons. The third-order valence-corrected chi connectivity index (χ3v) is 3.81. The predicted octanol–water partition coefficient (Wildman–Crippen LogP) is 3.44. The van der Waals surface area contributed by atoms with Crippen molar-refractivity contribution in [2.45, 2.75) is 19.4 Å². The third kappa shape index (κ3) is 2.16. The van der Waals surface area contributed by atoms with E-state index in [1.54, 1.807) is 12.4 Å². The molecule has 1 amide bonds.